The van der Waals surface area contributed by atoms with E-state index in [1.807, 2.05) is 30.3 Å². The van der Waals surface area contributed by atoms with Gasteiger partial charge in [-0.2, -0.15) is 0 Å². The summed E-state index contributed by atoms with van der Waals surface area (Å²) < 4.78 is 0. The first-order valence-corrected chi connectivity index (χ1v) is 7.89. The van der Waals surface area contributed by atoms with Crippen molar-refractivity contribution in [1.82, 2.24) is 5.32 Å². The highest BCUT2D eigenvalue weighted by molar-refractivity contribution is 6.30. The van der Waals surface area contributed by atoms with E-state index in [0.717, 1.165) is 11.3 Å². The smallest absolute Gasteiger partial charge is 0.227 e. The summed E-state index contributed by atoms with van der Waals surface area (Å²) >= 11 is 5.87. The van der Waals surface area contributed by atoms with Crippen molar-refractivity contribution in [3.63, 3.8) is 0 Å². The molecule has 2 aromatic rings. The average molecular weight is 329 g/mol. The molecule has 0 unspecified atom stereocenters. The topological polar surface area (TPSA) is 49.4 Å². The second-order valence-corrected chi connectivity index (χ2v) is 6.02. The molecule has 0 spiro atoms. The summed E-state index contributed by atoms with van der Waals surface area (Å²) in [5, 5.41) is 3.53. The van der Waals surface area contributed by atoms with Crippen LogP contribution in [0.3, 0.4) is 0 Å². The van der Waals surface area contributed by atoms with E-state index < -0.39 is 0 Å². The molecule has 2 aromatic carbocycles. The Bertz CT molecular complexity index is 701. The number of nitrogens with zero attached hydrogens (tertiary/aromatic N) is 1. The number of nitrogens with one attached hydrogen (secondary N) is 1. The normalized spacial score (nSPS) is 17.3. The van der Waals surface area contributed by atoms with E-state index in [0.29, 0.717) is 18.1 Å². The molecule has 23 heavy (non-hydrogen) atoms. The largest absolute Gasteiger partial charge is 0.352 e. The molecule has 0 bridgehead atoms. The minimum atomic E-state index is -0.318. The molecular weight excluding hydrogens is 312 g/mol. The minimum absolute atomic E-state index is 0.0350. The summed E-state index contributed by atoms with van der Waals surface area (Å²) in [6.07, 6.45) is 0.239. The summed E-state index contributed by atoms with van der Waals surface area (Å²) in [4.78, 5) is 26.1. The van der Waals surface area contributed by atoms with Gasteiger partial charge in [-0.1, -0.05) is 41.9 Å². The SMILES string of the molecule is O=C(NCc1ccccc1)[C@@H]1CC(=O)N(c2ccc(Cl)cc2)C1. The molecule has 3 rings (SSSR count). The molecule has 0 saturated carbocycles. The summed E-state index contributed by atoms with van der Waals surface area (Å²) in [5.41, 5.74) is 1.82. The van der Waals surface area contributed by atoms with E-state index in [-0.39, 0.29) is 24.2 Å². The Labute approximate surface area is 140 Å². The van der Waals surface area contributed by atoms with Crippen molar-refractivity contribution < 1.29 is 9.59 Å². The van der Waals surface area contributed by atoms with Gasteiger partial charge in [0, 0.05) is 30.2 Å². The van der Waals surface area contributed by atoms with Crippen molar-refractivity contribution in [1.29, 1.82) is 0 Å². The zero-order chi connectivity index (χ0) is 16.2. The van der Waals surface area contributed by atoms with Crippen molar-refractivity contribution in [3.05, 3.63) is 65.2 Å². The predicted octanol–water partition coefficient (Wildman–Crippen LogP) is 3.01. The molecule has 1 N–H and O–H groups in total. The quantitative estimate of drug-likeness (QED) is 0.938. The van der Waals surface area contributed by atoms with E-state index in [1.165, 1.54) is 0 Å². The first-order chi connectivity index (χ1) is 11.1. The van der Waals surface area contributed by atoms with Gasteiger partial charge in [-0.25, -0.2) is 0 Å². The Morgan fingerprint density at radius 2 is 1.83 bits per heavy atom. The second kappa shape index (κ2) is 6.84. The summed E-state index contributed by atoms with van der Waals surface area (Å²) in [6, 6.07) is 16.8. The third kappa shape index (κ3) is 3.71. The molecule has 1 atom stereocenters. The first kappa shape index (κ1) is 15.6. The van der Waals surface area contributed by atoms with Gasteiger partial charge < -0.3 is 10.2 Å². The molecule has 1 saturated heterocycles. The van der Waals surface area contributed by atoms with Gasteiger partial charge in [0.2, 0.25) is 11.8 Å². The Morgan fingerprint density at radius 1 is 1.13 bits per heavy atom. The lowest BCUT2D eigenvalue weighted by Gasteiger charge is -2.16. The molecule has 1 aliphatic heterocycles. The lowest BCUT2D eigenvalue weighted by Crippen LogP contribution is -2.32. The predicted molar refractivity (Wildman–Crippen MR) is 90.2 cm³/mol. The molecule has 4 nitrogen and oxygen atoms in total. The molecular formula is C18H17ClN2O2. The van der Waals surface area contributed by atoms with Gasteiger partial charge in [0.25, 0.3) is 0 Å². The molecule has 1 heterocycles. The van der Waals surface area contributed by atoms with Crippen molar-refractivity contribution in [2.75, 3.05) is 11.4 Å². The second-order valence-electron chi connectivity index (χ2n) is 5.59. The van der Waals surface area contributed by atoms with E-state index in [1.54, 1.807) is 29.2 Å². The van der Waals surface area contributed by atoms with Crippen molar-refractivity contribution in [2.45, 2.75) is 13.0 Å². The van der Waals surface area contributed by atoms with Gasteiger partial charge in [-0.3, -0.25) is 9.59 Å². The number of anilines is 1. The van der Waals surface area contributed by atoms with Crippen LogP contribution >= 0.6 is 11.6 Å². The number of rotatable bonds is 4. The van der Waals surface area contributed by atoms with Crippen LogP contribution in [-0.2, 0) is 16.1 Å². The minimum Gasteiger partial charge on any atom is -0.352 e. The molecule has 1 aliphatic rings. The summed E-state index contributed by atoms with van der Waals surface area (Å²) in [6.45, 7) is 0.881. The molecule has 118 valence electrons. The van der Waals surface area contributed by atoms with Crippen LogP contribution in [0.5, 0.6) is 0 Å². The molecule has 5 heteroatoms. The lowest BCUT2D eigenvalue weighted by molar-refractivity contribution is -0.126. The molecule has 0 aromatic heterocycles. The van der Waals surface area contributed by atoms with Gasteiger partial charge in [-0.05, 0) is 29.8 Å². The van der Waals surface area contributed by atoms with E-state index >= 15 is 0 Å². The van der Waals surface area contributed by atoms with Crippen LogP contribution in [-0.4, -0.2) is 18.4 Å². The number of benzene rings is 2. The molecule has 0 aliphatic carbocycles. The number of carbonyl (C=O) groups is 2. The van der Waals surface area contributed by atoms with Crippen molar-refractivity contribution in [2.24, 2.45) is 5.92 Å². The maximum Gasteiger partial charge on any atom is 0.227 e. The van der Waals surface area contributed by atoms with Gasteiger partial charge in [0.1, 0.15) is 0 Å². The van der Waals surface area contributed by atoms with Crippen LogP contribution in [0.4, 0.5) is 5.69 Å². The zero-order valence-corrected chi connectivity index (χ0v) is 13.3. The van der Waals surface area contributed by atoms with E-state index in [2.05, 4.69) is 5.32 Å². The van der Waals surface area contributed by atoms with Crippen LogP contribution in [0.1, 0.15) is 12.0 Å². The fraction of sp³-hybridized carbons (Fsp3) is 0.222. The van der Waals surface area contributed by atoms with Crippen LogP contribution in [0, 0.1) is 5.92 Å². The lowest BCUT2D eigenvalue weighted by atomic mass is 10.1. The Balaban J connectivity index is 1.60. The average Bonchev–Trinajstić information content (AvgIpc) is 2.96. The highest BCUT2D eigenvalue weighted by Gasteiger charge is 2.34. The van der Waals surface area contributed by atoms with Crippen LogP contribution in [0.15, 0.2) is 54.6 Å². The zero-order valence-electron chi connectivity index (χ0n) is 12.5. The maximum absolute atomic E-state index is 12.3. The molecule has 1 fully saturated rings. The monoisotopic (exact) mass is 328 g/mol. The third-order valence-corrected chi connectivity index (χ3v) is 4.20. The standard InChI is InChI=1S/C18H17ClN2O2/c19-15-6-8-16(9-7-15)21-12-14(10-17(21)22)18(23)20-11-13-4-2-1-3-5-13/h1-9,14H,10-12H2,(H,20,23)/t14-/m1/s1. The first-order valence-electron chi connectivity index (χ1n) is 7.51. The Morgan fingerprint density at radius 3 is 2.52 bits per heavy atom. The Kier molecular flexibility index (Phi) is 4.63. The van der Waals surface area contributed by atoms with Gasteiger partial charge >= 0.3 is 0 Å². The van der Waals surface area contributed by atoms with Gasteiger partial charge in [-0.15, -0.1) is 0 Å². The molecule has 0 radical (unpaired) electrons. The summed E-state index contributed by atoms with van der Waals surface area (Å²) in [5.74, 6) is -0.437. The Hall–Kier alpha value is -2.33. The van der Waals surface area contributed by atoms with Crippen LogP contribution in [0.25, 0.3) is 0 Å². The fourth-order valence-electron chi connectivity index (χ4n) is 2.68. The highest BCUT2D eigenvalue weighted by Crippen LogP contribution is 2.26. The van der Waals surface area contributed by atoms with Crippen LogP contribution < -0.4 is 10.2 Å². The van der Waals surface area contributed by atoms with Crippen LogP contribution in [0.2, 0.25) is 5.02 Å². The number of carbonyl (C=O) groups excluding carboxylic acids is 2. The number of hydrogen-bond acceptors (Lipinski definition) is 2. The fourth-order valence-corrected chi connectivity index (χ4v) is 2.81. The van der Waals surface area contributed by atoms with Gasteiger partial charge in [0.15, 0.2) is 0 Å². The molecule has 2 amide bonds. The number of hydrogen-bond donors (Lipinski definition) is 1. The summed E-state index contributed by atoms with van der Waals surface area (Å²) in [7, 11) is 0. The van der Waals surface area contributed by atoms with E-state index in [9.17, 15) is 9.59 Å². The number of halogens is 1. The highest BCUT2D eigenvalue weighted by atomic mass is 35.5. The maximum atomic E-state index is 12.3. The van der Waals surface area contributed by atoms with Crippen molar-refractivity contribution >= 4 is 29.1 Å². The van der Waals surface area contributed by atoms with E-state index in [4.69, 9.17) is 11.6 Å². The number of amides is 2. The van der Waals surface area contributed by atoms with Crippen molar-refractivity contribution in [3.8, 4) is 0 Å². The third-order valence-electron chi connectivity index (χ3n) is 3.94. The van der Waals surface area contributed by atoms with Gasteiger partial charge in [0.05, 0.1) is 5.92 Å².